The van der Waals surface area contributed by atoms with Crippen LogP contribution in [0.4, 0.5) is 8.78 Å². The summed E-state index contributed by atoms with van der Waals surface area (Å²) in [4.78, 5) is 17.4. The van der Waals surface area contributed by atoms with Crippen molar-refractivity contribution in [1.82, 2.24) is 25.1 Å². The van der Waals surface area contributed by atoms with Crippen LogP contribution in [-0.2, 0) is 20.0 Å². The number of nitrogens with zero attached hydrogens (tertiary/aromatic N) is 3. The summed E-state index contributed by atoms with van der Waals surface area (Å²) in [6.07, 6.45) is 0.671. The fourth-order valence-corrected chi connectivity index (χ4v) is 3.33. The topological polar surface area (TPSA) is 75.6 Å². The maximum absolute atomic E-state index is 12.8. The summed E-state index contributed by atoms with van der Waals surface area (Å²) in [5, 5.41) is 10.3. The molecule has 3 aromatic heterocycles. The summed E-state index contributed by atoms with van der Waals surface area (Å²) in [5.74, 6) is -0.290. The highest BCUT2D eigenvalue weighted by atomic mass is 19.3. The minimum absolute atomic E-state index is 0.178. The lowest BCUT2D eigenvalue weighted by Gasteiger charge is -2.11. The summed E-state index contributed by atoms with van der Waals surface area (Å²) in [6.45, 7) is 0.178. The summed E-state index contributed by atoms with van der Waals surface area (Å²) in [5.41, 5.74) is 3.94. The number of pyridine rings is 1. The van der Waals surface area contributed by atoms with Crippen LogP contribution in [0.5, 0.6) is 0 Å². The van der Waals surface area contributed by atoms with E-state index in [-0.39, 0.29) is 18.9 Å². The van der Waals surface area contributed by atoms with Gasteiger partial charge in [0.05, 0.1) is 11.9 Å². The van der Waals surface area contributed by atoms with Gasteiger partial charge >= 0.3 is 0 Å². The first kappa shape index (κ1) is 18.8. The number of H-pyrrole nitrogens is 1. The van der Waals surface area contributed by atoms with Gasteiger partial charge in [0.1, 0.15) is 11.3 Å². The first-order chi connectivity index (χ1) is 14.0. The Bertz CT molecular complexity index is 1150. The van der Waals surface area contributed by atoms with E-state index >= 15 is 0 Å². The van der Waals surface area contributed by atoms with Gasteiger partial charge in [-0.3, -0.25) is 9.89 Å². The maximum Gasteiger partial charge on any atom is 0.268 e. The average molecular weight is 395 g/mol. The van der Waals surface area contributed by atoms with E-state index in [4.69, 9.17) is 0 Å². The number of fused-ring (bicyclic) bond motifs is 1. The van der Waals surface area contributed by atoms with Crippen molar-refractivity contribution in [2.75, 3.05) is 0 Å². The molecule has 3 heterocycles. The average Bonchev–Trinajstić information content (AvgIpc) is 3.35. The Morgan fingerprint density at radius 1 is 1.21 bits per heavy atom. The van der Waals surface area contributed by atoms with E-state index in [9.17, 15) is 13.6 Å². The Hall–Kier alpha value is -3.55. The molecule has 4 aromatic rings. The largest absolute Gasteiger partial charge is 0.347 e. The van der Waals surface area contributed by atoms with E-state index < -0.39 is 6.43 Å². The highest BCUT2D eigenvalue weighted by molar-refractivity contribution is 5.98. The molecule has 148 valence electrons. The number of alkyl halides is 2. The molecule has 1 amide bonds. The van der Waals surface area contributed by atoms with Gasteiger partial charge in [0, 0.05) is 37.2 Å². The molecule has 0 aliphatic rings. The molecule has 8 heteroatoms. The zero-order valence-corrected chi connectivity index (χ0v) is 15.7. The molecule has 0 unspecified atom stereocenters. The normalized spacial score (nSPS) is 11.3. The van der Waals surface area contributed by atoms with Crippen molar-refractivity contribution in [1.29, 1.82) is 0 Å². The van der Waals surface area contributed by atoms with Gasteiger partial charge in [-0.1, -0.05) is 24.3 Å². The Balaban J connectivity index is 1.56. The van der Waals surface area contributed by atoms with Gasteiger partial charge in [-0.25, -0.2) is 13.8 Å². The monoisotopic (exact) mass is 395 g/mol. The first-order valence-electron chi connectivity index (χ1n) is 9.11. The lowest BCUT2D eigenvalue weighted by Crippen LogP contribution is -2.25. The van der Waals surface area contributed by atoms with Crippen molar-refractivity contribution in [3.63, 3.8) is 0 Å². The quantitative estimate of drug-likeness (QED) is 0.523. The van der Waals surface area contributed by atoms with Crippen molar-refractivity contribution in [2.24, 2.45) is 7.05 Å². The van der Waals surface area contributed by atoms with Crippen LogP contribution in [0.25, 0.3) is 22.3 Å². The van der Waals surface area contributed by atoms with Crippen LogP contribution >= 0.6 is 0 Å². The Morgan fingerprint density at radius 2 is 2.00 bits per heavy atom. The van der Waals surface area contributed by atoms with Gasteiger partial charge in [0.25, 0.3) is 5.91 Å². The van der Waals surface area contributed by atoms with Crippen LogP contribution in [0.2, 0.25) is 0 Å². The molecule has 0 aliphatic heterocycles. The standard InChI is InChI=1S/C21H19F2N5O/c1-28-18(8-14-6-7-17(27-20(14)28)16-11-25-26-12-16)21(29)24-10-15-5-3-2-4-13(15)9-19(22)23/h2-8,11-12,19H,9-10H2,1H3,(H,24,29)(H,25,26). The number of aromatic nitrogens is 4. The van der Waals surface area contributed by atoms with Crippen molar-refractivity contribution in [3.05, 3.63) is 71.7 Å². The molecule has 0 radical (unpaired) electrons. The predicted molar refractivity (Wildman–Crippen MR) is 106 cm³/mol. The van der Waals surface area contributed by atoms with Crippen molar-refractivity contribution < 1.29 is 13.6 Å². The molecule has 2 N–H and O–H groups in total. The number of hydrogen-bond donors (Lipinski definition) is 2. The van der Waals surface area contributed by atoms with E-state index in [2.05, 4.69) is 20.5 Å². The molecule has 1 aromatic carbocycles. The third kappa shape index (κ3) is 3.87. The molecular weight excluding hydrogens is 376 g/mol. The van der Waals surface area contributed by atoms with E-state index in [1.54, 1.807) is 54.3 Å². The molecule has 29 heavy (non-hydrogen) atoms. The van der Waals surface area contributed by atoms with Crippen LogP contribution in [-0.4, -0.2) is 32.1 Å². The second-order valence-electron chi connectivity index (χ2n) is 6.73. The number of aromatic amines is 1. The number of carbonyl (C=O) groups excluding carboxylic acids is 1. The summed E-state index contributed by atoms with van der Waals surface area (Å²) >= 11 is 0. The molecule has 0 bridgehead atoms. The van der Waals surface area contributed by atoms with Gasteiger partial charge < -0.3 is 9.88 Å². The predicted octanol–water partition coefficient (Wildman–Crippen LogP) is 3.70. The fraction of sp³-hybridized carbons (Fsp3) is 0.190. The van der Waals surface area contributed by atoms with Crippen LogP contribution in [0.15, 0.2) is 54.9 Å². The zero-order valence-electron chi connectivity index (χ0n) is 15.7. The summed E-state index contributed by atoms with van der Waals surface area (Å²) < 4.78 is 27.3. The molecular formula is C21H19F2N5O. The number of amides is 1. The van der Waals surface area contributed by atoms with Gasteiger partial charge in [0.2, 0.25) is 6.43 Å². The third-order valence-electron chi connectivity index (χ3n) is 4.84. The van der Waals surface area contributed by atoms with Crippen LogP contribution in [0.1, 0.15) is 21.6 Å². The zero-order chi connectivity index (χ0) is 20.4. The van der Waals surface area contributed by atoms with Crippen molar-refractivity contribution >= 4 is 16.9 Å². The smallest absolute Gasteiger partial charge is 0.268 e. The highest BCUT2D eigenvalue weighted by Crippen LogP contribution is 2.22. The lowest BCUT2D eigenvalue weighted by molar-refractivity contribution is 0.0943. The highest BCUT2D eigenvalue weighted by Gasteiger charge is 2.16. The number of rotatable bonds is 6. The maximum atomic E-state index is 12.8. The summed E-state index contributed by atoms with van der Waals surface area (Å²) in [6, 6.07) is 12.4. The van der Waals surface area contributed by atoms with Gasteiger partial charge in [-0.2, -0.15) is 5.10 Å². The second-order valence-corrected chi connectivity index (χ2v) is 6.73. The SMILES string of the molecule is Cn1c(C(=O)NCc2ccccc2CC(F)F)cc2ccc(-c3cn[nH]c3)nc21. The number of aryl methyl sites for hydroxylation is 1. The van der Waals surface area contributed by atoms with E-state index in [1.165, 1.54) is 0 Å². The van der Waals surface area contributed by atoms with Gasteiger partial charge in [-0.15, -0.1) is 0 Å². The van der Waals surface area contributed by atoms with Crippen LogP contribution < -0.4 is 5.32 Å². The third-order valence-corrected chi connectivity index (χ3v) is 4.84. The minimum Gasteiger partial charge on any atom is -0.347 e. The Kier molecular flexibility index (Phi) is 5.07. The Labute approximate surface area is 165 Å². The van der Waals surface area contributed by atoms with E-state index in [1.807, 2.05) is 12.1 Å². The second kappa shape index (κ2) is 7.83. The number of hydrogen-bond acceptors (Lipinski definition) is 3. The molecule has 0 saturated heterocycles. The number of benzene rings is 1. The van der Waals surface area contributed by atoms with Gasteiger partial charge in [-0.05, 0) is 29.3 Å². The number of nitrogens with one attached hydrogen (secondary N) is 2. The van der Waals surface area contributed by atoms with Crippen LogP contribution in [0.3, 0.4) is 0 Å². The first-order valence-corrected chi connectivity index (χ1v) is 9.11. The molecule has 0 fully saturated rings. The van der Waals surface area contributed by atoms with E-state index in [0.717, 1.165) is 16.6 Å². The van der Waals surface area contributed by atoms with Crippen molar-refractivity contribution in [3.8, 4) is 11.3 Å². The minimum atomic E-state index is -2.43. The molecule has 0 atom stereocenters. The number of halogens is 2. The van der Waals surface area contributed by atoms with Crippen molar-refractivity contribution in [2.45, 2.75) is 19.4 Å². The fourth-order valence-electron chi connectivity index (χ4n) is 3.33. The van der Waals surface area contributed by atoms with Crippen LogP contribution in [0, 0.1) is 0 Å². The molecule has 4 rings (SSSR count). The molecule has 6 nitrogen and oxygen atoms in total. The number of carbonyl (C=O) groups is 1. The van der Waals surface area contributed by atoms with E-state index in [0.29, 0.717) is 22.5 Å². The van der Waals surface area contributed by atoms with Gasteiger partial charge in [0.15, 0.2) is 0 Å². The Morgan fingerprint density at radius 3 is 2.72 bits per heavy atom. The lowest BCUT2D eigenvalue weighted by atomic mass is 10.0. The molecule has 0 aliphatic carbocycles. The molecule has 0 spiro atoms. The molecule has 0 saturated carbocycles. The summed E-state index contributed by atoms with van der Waals surface area (Å²) in [7, 11) is 1.77.